The predicted octanol–water partition coefficient (Wildman–Crippen LogP) is 0.0732. The van der Waals surface area contributed by atoms with Gasteiger partial charge in [-0.2, -0.15) is 0 Å². The molecule has 0 bridgehead atoms. The molecule has 1 aromatic rings. The molecule has 1 radical (unpaired) electrons. The first kappa shape index (κ1) is 10.2. The number of carbonyl (C=O) groups excluding carboxylic acids is 2. The minimum Gasteiger partial charge on any atom is -0.350 e. The molecule has 0 unspecified atom stereocenters. The van der Waals surface area contributed by atoms with Crippen LogP contribution in [0.1, 0.15) is 10.4 Å². The zero-order valence-electron chi connectivity index (χ0n) is 7.62. The van der Waals surface area contributed by atoms with Gasteiger partial charge in [-0.15, -0.1) is 0 Å². The van der Waals surface area contributed by atoms with Gasteiger partial charge in [0.2, 0.25) is 0 Å². The summed E-state index contributed by atoms with van der Waals surface area (Å²) in [6.45, 7) is 0.797. The maximum atomic E-state index is 11.4. The number of amides is 2. The second-order valence-corrected chi connectivity index (χ2v) is 2.65. The van der Waals surface area contributed by atoms with Gasteiger partial charge in [-0.05, 0) is 12.1 Å². The number of nitrogens with one attached hydrogen (secondary N) is 2. The van der Waals surface area contributed by atoms with E-state index in [2.05, 4.69) is 10.6 Å². The Bertz CT molecular complexity index is 298. The smallest absolute Gasteiger partial charge is 0.309 e. The summed E-state index contributed by atoms with van der Waals surface area (Å²) in [7, 11) is 0. The van der Waals surface area contributed by atoms with Gasteiger partial charge < -0.3 is 10.6 Å². The molecular formula is C10H11N2O2. The zero-order chi connectivity index (χ0) is 10.2. The molecule has 0 saturated carbocycles. The third-order valence-electron chi connectivity index (χ3n) is 1.64. The van der Waals surface area contributed by atoms with Crippen molar-refractivity contribution in [2.24, 2.45) is 0 Å². The van der Waals surface area contributed by atoms with Crippen LogP contribution in [0.15, 0.2) is 30.3 Å². The average Bonchev–Trinajstić information content (AvgIpc) is 2.25. The van der Waals surface area contributed by atoms with Crippen molar-refractivity contribution in [3.05, 3.63) is 35.9 Å². The van der Waals surface area contributed by atoms with Gasteiger partial charge in [0.05, 0.1) is 0 Å². The van der Waals surface area contributed by atoms with E-state index in [0.29, 0.717) is 18.7 Å². The molecule has 0 aromatic heterocycles. The van der Waals surface area contributed by atoms with Crippen molar-refractivity contribution in [1.29, 1.82) is 0 Å². The van der Waals surface area contributed by atoms with Crippen LogP contribution < -0.4 is 10.6 Å². The molecule has 0 saturated heterocycles. The van der Waals surface area contributed by atoms with Gasteiger partial charge in [0.1, 0.15) is 0 Å². The van der Waals surface area contributed by atoms with Crippen LogP contribution >= 0.6 is 0 Å². The van der Waals surface area contributed by atoms with Gasteiger partial charge >= 0.3 is 6.41 Å². The third-order valence-corrected chi connectivity index (χ3v) is 1.64. The summed E-state index contributed by atoms with van der Waals surface area (Å²) in [5.74, 6) is -0.140. The van der Waals surface area contributed by atoms with E-state index in [1.807, 2.05) is 6.07 Å². The monoisotopic (exact) mass is 191 g/mol. The Morgan fingerprint density at radius 2 is 1.93 bits per heavy atom. The van der Waals surface area contributed by atoms with E-state index in [9.17, 15) is 9.59 Å². The molecule has 2 N–H and O–H groups in total. The first-order valence-electron chi connectivity index (χ1n) is 4.28. The number of carbonyl (C=O) groups is 1. The number of rotatable bonds is 5. The first-order chi connectivity index (χ1) is 6.84. The van der Waals surface area contributed by atoms with Crippen LogP contribution in [0.3, 0.4) is 0 Å². The summed E-state index contributed by atoms with van der Waals surface area (Å²) in [6.07, 6.45) is 1.53. The molecule has 4 nitrogen and oxygen atoms in total. The van der Waals surface area contributed by atoms with Crippen LogP contribution in [0.5, 0.6) is 0 Å². The fourth-order valence-electron chi connectivity index (χ4n) is 0.981. The standard InChI is InChI=1S/C10H11N2O2/c13-8-11-6-7-12-10(14)9-4-2-1-3-5-9/h1-5H,6-7H2,(H,11,13)(H,12,14). The van der Waals surface area contributed by atoms with E-state index in [1.54, 1.807) is 24.3 Å². The van der Waals surface area contributed by atoms with E-state index in [0.717, 1.165) is 0 Å². The van der Waals surface area contributed by atoms with Gasteiger partial charge in [-0.3, -0.25) is 9.59 Å². The van der Waals surface area contributed by atoms with Crippen molar-refractivity contribution in [2.75, 3.05) is 13.1 Å². The molecule has 0 aliphatic rings. The van der Waals surface area contributed by atoms with E-state index in [-0.39, 0.29) is 5.91 Å². The molecule has 0 aliphatic heterocycles. The van der Waals surface area contributed by atoms with Crippen LogP contribution in [-0.4, -0.2) is 25.4 Å². The second-order valence-electron chi connectivity index (χ2n) is 2.65. The maximum Gasteiger partial charge on any atom is 0.309 e. The molecule has 2 amide bonds. The zero-order valence-corrected chi connectivity index (χ0v) is 7.62. The summed E-state index contributed by atoms with van der Waals surface area (Å²) in [5, 5.41) is 4.99. The van der Waals surface area contributed by atoms with Gasteiger partial charge in [-0.1, -0.05) is 18.2 Å². The average molecular weight is 191 g/mol. The lowest BCUT2D eigenvalue weighted by Crippen LogP contribution is -2.31. The second kappa shape index (κ2) is 5.75. The summed E-state index contributed by atoms with van der Waals surface area (Å²) in [5.41, 5.74) is 0.614. The molecule has 0 aliphatic carbocycles. The van der Waals surface area contributed by atoms with Crippen molar-refractivity contribution in [1.82, 2.24) is 10.6 Å². The fraction of sp³-hybridized carbons (Fsp3) is 0.200. The van der Waals surface area contributed by atoms with Gasteiger partial charge in [-0.25, -0.2) is 0 Å². The minimum absolute atomic E-state index is 0.140. The maximum absolute atomic E-state index is 11.4. The topological polar surface area (TPSA) is 58.2 Å². The molecular weight excluding hydrogens is 180 g/mol. The predicted molar refractivity (Wildman–Crippen MR) is 52.5 cm³/mol. The highest BCUT2D eigenvalue weighted by atomic mass is 16.1. The highest BCUT2D eigenvalue weighted by Crippen LogP contribution is 1.96. The summed E-state index contributed by atoms with van der Waals surface area (Å²) in [6, 6.07) is 8.90. The molecule has 14 heavy (non-hydrogen) atoms. The summed E-state index contributed by atoms with van der Waals surface area (Å²) >= 11 is 0. The Kier molecular flexibility index (Phi) is 4.20. The number of hydrogen-bond donors (Lipinski definition) is 2. The summed E-state index contributed by atoms with van der Waals surface area (Å²) in [4.78, 5) is 21.1. The van der Waals surface area contributed by atoms with Gasteiger partial charge in [0.25, 0.3) is 5.91 Å². The molecule has 4 heteroatoms. The minimum atomic E-state index is -0.140. The van der Waals surface area contributed by atoms with Crippen molar-refractivity contribution in [2.45, 2.75) is 0 Å². The number of benzene rings is 1. The summed E-state index contributed by atoms with van der Waals surface area (Å²) < 4.78 is 0. The van der Waals surface area contributed by atoms with Crippen LogP contribution in [0.4, 0.5) is 0 Å². The SMILES string of the molecule is O=[C]NCCNC(=O)c1ccccc1. The fourth-order valence-corrected chi connectivity index (χ4v) is 0.981. The Morgan fingerprint density at radius 3 is 2.57 bits per heavy atom. The van der Waals surface area contributed by atoms with E-state index < -0.39 is 0 Å². The van der Waals surface area contributed by atoms with Crippen molar-refractivity contribution < 1.29 is 9.59 Å². The lowest BCUT2D eigenvalue weighted by Gasteiger charge is -2.03. The molecule has 0 atom stereocenters. The molecule has 0 fully saturated rings. The quantitative estimate of drug-likeness (QED) is 0.511. The van der Waals surface area contributed by atoms with Crippen molar-refractivity contribution in [3.8, 4) is 0 Å². The third kappa shape index (κ3) is 3.26. The normalized spacial score (nSPS) is 9.14. The van der Waals surface area contributed by atoms with Crippen LogP contribution in [0.25, 0.3) is 0 Å². The van der Waals surface area contributed by atoms with Crippen molar-refractivity contribution in [3.63, 3.8) is 0 Å². The lowest BCUT2D eigenvalue weighted by molar-refractivity contribution is 0.0954. The molecule has 0 spiro atoms. The number of hydrogen-bond acceptors (Lipinski definition) is 2. The largest absolute Gasteiger partial charge is 0.350 e. The highest BCUT2D eigenvalue weighted by Gasteiger charge is 2.01. The van der Waals surface area contributed by atoms with E-state index in [1.165, 1.54) is 6.41 Å². The van der Waals surface area contributed by atoms with Crippen molar-refractivity contribution >= 4 is 12.3 Å². The van der Waals surface area contributed by atoms with Gasteiger partial charge in [0.15, 0.2) is 0 Å². The Hall–Kier alpha value is -1.84. The Labute approximate surface area is 82.3 Å². The van der Waals surface area contributed by atoms with Crippen LogP contribution in [-0.2, 0) is 4.79 Å². The molecule has 1 aromatic carbocycles. The van der Waals surface area contributed by atoms with E-state index in [4.69, 9.17) is 0 Å². The molecule has 0 heterocycles. The first-order valence-corrected chi connectivity index (χ1v) is 4.28. The molecule has 1 rings (SSSR count). The molecule has 73 valence electrons. The van der Waals surface area contributed by atoms with Crippen LogP contribution in [0, 0.1) is 0 Å². The van der Waals surface area contributed by atoms with Crippen LogP contribution in [0.2, 0.25) is 0 Å². The Morgan fingerprint density at radius 1 is 1.21 bits per heavy atom. The lowest BCUT2D eigenvalue weighted by atomic mass is 10.2. The van der Waals surface area contributed by atoms with Gasteiger partial charge in [0, 0.05) is 18.7 Å². The van der Waals surface area contributed by atoms with E-state index >= 15 is 0 Å². The highest BCUT2D eigenvalue weighted by molar-refractivity contribution is 5.94. The Balaban J connectivity index is 2.32.